The van der Waals surface area contributed by atoms with E-state index in [0.29, 0.717) is 18.8 Å². The second kappa shape index (κ2) is 6.95. The van der Waals surface area contributed by atoms with Crippen LogP contribution in [0.4, 0.5) is 13.2 Å². The Morgan fingerprint density at radius 1 is 1.32 bits per heavy atom. The van der Waals surface area contributed by atoms with E-state index >= 15 is 0 Å². The van der Waals surface area contributed by atoms with E-state index in [1.165, 1.54) is 6.07 Å². The Kier molecular flexibility index (Phi) is 5.31. The monoisotopic (exact) mass is 358 g/mol. The molecule has 1 heterocycles. The fraction of sp³-hybridized carbons (Fsp3) is 0.471. The Morgan fingerprint density at radius 3 is 2.48 bits per heavy atom. The molecule has 0 aliphatic heterocycles. The van der Waals surface area contributed by atoms with Crippen LogP contribution in [-0.2, 0) is 17.5 Å². The summed E-state index contributed by atoms with van der Waals surface area (Å²) in [7, 11) is 3.69. The molecule has 0 unspecified atom stereocenters. The topological polar surface area (TPSA) is 54.7 Å². The maximum atomic E-state index is 13.5. The number of phenolic OH excluding ortho intramolecular Hbond substituents is 1. The molecule has 0 aliphatic rings. The third-order valence-electron chi connectivity index (χ3n) is 4.00. The summed E-state index contributed by atoms with van der Waals surface area (Å²) in [6.07, 6.45) is -4.80. The van der Waals surface area contributed by atoms with Gasteiger partial charge in [0.15, 0.2) is 0 Å². The summed E-state index contributed by atoms with van der Waals surface area (Å²) in [4.78, 5) is 14.2. The van der Waals surface area contributed by atoms with Crippen molar-refractivity contribution in [3.63, 3.8) is 0 Å². The first-order valence-electron chi connectivity index (χ1n) is 7.83. The number of carbonyl (C=O) groups excluding carboxylic acids is 1. The molecule has 0 fully saturated rings. The molecule has 2 aromatic rings. The molecule has 0 saturated heterocycles. The summed E-state index contributed by atoms with van der Waals surface area (Å²) < 4.78 is 47.2. The van der Waals surface area contributed by atoms with E-state index in [1.807, 2.05) is 19.0 Å². The number of ether oxygens (including phenoxy) is 1. The minimum absolute atomic E-state index is 0.0445. The van der Waals surface area contributed by atoms with Crippen LogP contribution in [0.25, 0.3) is 10.9 Å². The summed E-state index contributed by atoms with van der Waals surface area (Å²) in [6, 6.07) is 2.40. The van der Waals surface area contributed by atoms with E-state index in [1.54, 1.807) is 18.4 Å². The van der Waals surface area contributed by atoms with Crippen LogP contribution >= 0.6 is 0 Å². The number of hydrogen-bond acceptors (Lipinski definition) is 4. The number of carbonyl (C=O) groups is 1. The van der Waals surface area contributed by atoms with E-state index in [9.17, 15) is 23.1 Å². The summed E-state index contributed by atoms with van der Waals surface area (Å²) in [6.45, 7) is 4.19. The Morgan fingerprint density at radius 2 is 1.96 bits per heavy atom. The first kappa shape index (κ1) is 19.1. The average molecular weight is 358 g/mol. The molecule has 2 rings (SSSR count). The van der Waals surface area contributed by atoms with E-state index in [-0.39, 0.29) is 23.1 Å². The summed E-state index contributed by atoms with van der Waals surface area (Å²) >= 11 is 0. The van der Waals surface area contributed by atoms with Gasteiger partial charge < -0.3 is 19.3 Å². The predicted octanol–water partition coefficient (Wildman–Crippen LogP) is 3.41. The van der Waals surface area contributed by atoms with Gasteiger partial charge in [-0.3, -0.25) is 0 Å². The van der Waals surface area contributed by atoms with Crippen LogP contribution in [0.1, 0.15) is 28.5 Å². The average Bonchev–Trinajstić information content (AvgIpc) is 2.75. The molecule has 5 nitrogen and oxygen atoms in total. The second-order valence-corrected chi connectivity index (χ2v) is 5.99. The first-order valence-corrected chi connectivity index (χ1v) is 7.83. The van der Waals surface area contributed by atoms with E-state index in [2.05, 4.69) is 0 Å². The molecule has 8 heteroatoms. The van der Waals surface area contributed by atoms with Crippen LogP contribution < -0.4 is 0 Å². The minimum atomic E-state index is -4.80. The zero-order valence-electron chi connectivity index (χ0n) is 14.6. The number of phenols is 1. The highest BCUT2D eigenvalue weighted by molar-refractivity contribution is 6.08. The van der Waals surface area contributed by atoms with Gasteiger partial charge in [0.2, 0.25) is 0 Å². The van der Waals surface area contributed by atoms with Crippen LogP contribution in [0.5, 0.6) is 5.75 Å². The molecule has 0 spiro atoms. The number of hydrogen-bond donors (Lipinski definition) is 1. The molecule has 1 aromatic carbocycles. The van der Waals surface area contributed by atoms with Crippen LogP contribution in [0.3, 0.4) is 0 Å². The molecule has 1 N–H and O–H groups in total. The van der Waals surface area contributed by atoms with Gasteiger partial charge in [-0.15, -0.1) is 0 Å². The van der Waals surface area contributed by atoms with Crippen LogP contribution in [-0.4, -0.2) is 47.8 Å². The van der Waals surface area contributed by atoms with Crippen molar-refractivity contribution in [1.82, 2.24) is 9.47 Å². The fourth-order valence-electron chi connectivity index (χ4n) is 2.88. The number of halogens is 3. The van der Waals surface area contributed by atoms with Gasteiger partial charge in [-0.05, 0) is 40.1 Å². The highest BCUT2D eigenvalue weighted by atomic mass is 19.4. The lowest BCUT2D eigenvalue weighted by atomic mass is 10.0. The lowest BCUT2D eigenvalue weighted by molar-refractivity contribution is -0.137. The number of rotatable bonds is 5. The van der Waals surface area contributed by atoms with Gasteiger partial charge in [-0.25, -0.2) is 4.79 Å². The Labute approximate surface area is 143 Å². The number of nitrogens with zero attached hydrogens (tertiary/aromatic N) is 2. The van der Waals surface area contributed by atoms with E-state index in [4.69, 9.17) is 4.74 Å². The van der Waals surface area contributed by atoms with Crippen LogP contribution in [0.2, 0.25) is 0 Å². The molecule has 0 bridgehead atoms. The number of benzene rings is 1. The molecule has 0 amide bonds. The second-order valence-electron chi connectivity index (χ2n) is 5.99. The zero-order chi connectivity index (χ0) is 18.9. The lowest BCUT2D eigenvalue weighted by Crippen LogP contribution is -2.19. The fourth-order valence-corrected chi connectivity index (χ4v) is 2.88. The van der Waals surface area contributed by atoms with Crippen LogP contribution in [0, 0.1) is 6.92 Å². The predicted molar refractivity (Wildman–Crippen MR) is 87.9 cm³/mol. The molecule has 0 saturated carbocycles. The molecule has 1 aromatic heterocycles. The summed E-state index contributed by atoms with van der Waals surface area (Å²) in [5, 5.41) is 9.49. The zero-order valence-corrected chi connectivity index (χ0v) is 14.6. The number of alkyl halides is 3. The normalized spacial score (nSPS) is 12.2. The van der Waals surface area contributed by atoms with Gasteiger partial charge in [0.05, 0.1) is 17.7 Å². The summed E-state index contributed by atoms with van der Waals surface area (Å²) in [5.74, 6) is -1.74. The van der Waals surface area contributed by atoms with Crippen molar-refractivity contribution in [2.45, 2.75) is 26.6 Å². The SMILES string of the molecule is CCOC(=O)c1c(C)n(CCN(C)C)c2ccc(O)c(C(F)(F)F)c12. The van der Waals surface area contributed by atoms with Gasteiger partial charge in [-0.2, -0.15) is 13.2 Å². The van der Waals surface area contributed by atoms with Gasteiger partial charge in [0, 0.05) is 24.2 Å². The molecular formula is C17H21F3N2O3. The third-order valence-corrected chi connectivity index (χ3v) is 4.00. The number of aromatic hydroxyl groups is 1. The number of aromatic nitrogens is 1. The molecule has 138 valence electrons. The lowest BCUT2D eigenvalue weighted by Gasteiger charge is -2.14. The van der Waals surface area contributed by atoms with Gasteiger partial charge in [0.1, 0.15) is 11.3 Å². The maximum Gasteiger partial charge on any atom is 0.420 e. The van der Waals surface area contributed by atoms with Crippen molar-refractivity contribution >= 4 is 16.9 Å². The quantitative estimate of drug-likeness (QED) is 0.833. The Balaban J connectivity index is 2.84. The maximum absolute atomic E-state index is 13.5. The molecule has 0 atom stereocenters. The molecule has 0 aliphatic carbocycles. The Hall–Kier alpha value is -2.22. The molecule has 25 heavy (non-hydrogen) atoms. The van der Waals surface area contributed by atoms with Gasteiger partial charge in [0.25, 0.3) is 0 Å². The Bertz CT molecular complexity index is 795. The van der Waals surface area contributed by atoms with Crippen molar-refractivity contribution < 1.29 is 27.8 Å². The van der Waals surface area contributed by atoms with Gasteiger partial charge >= 0.3 is 12.1 Å². The largest absolute Gasteiger partial charge is 0.507 e. The van der Waals surface area contributed by atoms with Crippen molar-refractivity contribution in [3.05, 3.63) is 29.0 Å². The highest BCUT2D eigenvalue weighted by Gasteiger charge is 2.39. The standard InChI is InChI=1S/C17H21F3N2O3/c1-5-25-16(24)13-10(2)22(9-8-21(3)4)11-6-7-12(23)15(14(11)13)17(18,19)20/h6-7,23H,5,8-9H2,1-4H3. The molecule has 0 radical (unpaired) electrons. The van der Waals surface area contributed by atoms with Crippen molar-refractivity contribution in [3.8, 4) is 5.75 Å². The van der Waals surface area contributed by atoms with E-state index in [0.717, 1.165) is 6.07 Å². The van der Waals surface area contributed by atoms with E-state index < -0.39 is 23.5 Å². The molecular weight excluding hydrogens is 337 g/mol. The summed E-state index contributed by atoms with van der Waals surface area (Å²) in [5.41, 5.74) is -0.738. The van der Waals surface area contributed by atoms with Crippen LogP contribution in [0.15, 0.2) is 12.1 Å². The first-order chi connectivity index (χ1) is 11.6. The smallest absolute Gasteiger partial charge is 0.420 e. The van der Waals surface area contributed by atoms with Crippen molar-refractivity contribution in [1.29, 1.82) is 0 Å². The highest BCUT2D eigenvalue weighted by Crippen LogP contribution is 2.43. The minimum Gasteiger partial charge on any atom is -0.507 e. The van der Waals surface area contributed by atoms with Gasteiger partial charge in [-0.1, -0.05) is 0 Å². The number of likely N-dealkylation sites (N-methyl/N-ethyl adjacent to an activating group) is 1. The third kappa shape index (κ3) is 3.58. The van der Waals surface area contributed by atoms with Crippen molar-refractivity contribution in [2.24, 2.45) is 0 Å². The number of esters is 1. The van der Waals surface area contributed by atoms with Crippen molar-refractivity contribution in [2.75, 3.05) is 27.2 Å². The number of fused-ring (bicyclic) bond motifs is 1.